The molecule has 0 aliphatic carbocycles. The highest BCUT2D eigenvalue weighted by molar-refractivity contribution is 5.87. The number of rotatable bonds is 2. The van der Waals surface area contributed by atoms with Gasteiger partial charge in [-0.3, -0.25) is 0 Å². The molecule has 78 valence electrons. The first-order valence-electron chi connectivity index (χ1n) is 4.57. The van der Waals surface area contributed by atoms with E-state index in [1.807, 2.05) is 0 Å². The molecule has 5 heteroatoms. The van der Waals surface area contributed by atoms with Gasteiger partial charge < -0.3 is 9.84 Å². The molecule has 0 atom stereocenters. The molecule has 1 aliphatic heterocycles. The van der Waals surface area contributed by atoms with Gasteiger partial charge >= 0.3 is 5.97 Å². The second kappa shape index (κ2) is 3.75. The molecule has 1 aliphatic rings. The molecule has 15 heavy (non-hydrogen) atoms. The van der Waals surface area contributed by atoms with Crippen molar-refractivity contribution in [1.82, 2.24) is 9.78 Å². The van der Waals surface area contributed by atoms with Crippen LogP contribution in [0.15, 0.2) is 0 Å². The Morgan fingerprint density at radius 2 is 2.53 bits per heavy atom. The predicted octanol–water partition coefficient (Wildman–Crippen LogP) is 0.287. The van der Waals surface area contributed by atoms with Crippen LogP contribution in [0.3, 0.4) is 0 Å². The monoisotopic (exact) mass is 206 g/mol. The zero-order valence-electron chi connectivity index (χ0n) is 8.06. The Morgan fingerprint density at radius 1 is 1.73 bits per heavy atom. The second-order valence-corrected chi connectivity index (χ2v) is 3.24. The Balaban J connectivity index is 2.51. The van der Waals surface area contributed by atoms with E-state index in [1.165, 1.54) is 4.68 Å². The molecule has 0 unspecified atom stereocenters. The van der Waals surface area contributed by atoms with E-state index in [1.54, 1.807) is 0 Å². The summed E-state index contributed by atoms with van der Waals surface area (Å²) in [6.07, 6.45) is 5.80. The molecule has 0 aromatic carbocycles. The molecule has 0 amide bonds. The average Bonchev–Trinajstić information content (AvgIpc) is 2.56. The van der Waals surface area contributed by atoms with Crippen LogP contribution in [-0.2, 0) is 24.3 Å². The molecule has 1 aromatic rings. The van der Waals surface area contributed by atoms with E-state index < -0.39 is 5.97 Å². The highest BCUT2D eigenvalue weighted by Gasteiger charge is 2.24. The quantitative estimate of drug-likeness (QED) is 0.706. The van der Waals surface area contributed by atoms with Crippen LogP contribution in [0.4, 0.5) is 0 Å². The molecule has 0 saturated heterocycles. The SMILES string of the molecule is C#CCn1nc2c(c1C(=O)O)COCC2. The number of hydrogen-bond acceptors (Lipinski definition) is 3. The Labute approximate surface area is 86.7 Å². The predicted molar refractivity (Wildman–Crippen MR) is 51.4 cm³/mol. The van der Waals surface area contributed by atoms with Crippen LogP contribution in [0.25, 0.3) is 0 Å². The first-order chi connectivity index (χ1) is 7.24. The number of fused-ring (bicyclic) bond motifs is 1. The maximum Gasteiger partial charge on any atom is 0.354 e. The van der Waals surface area contributed by atoms with Gasteiger partial charge in [-0.2, -0.15) is 5.10 Å². The Kier molecular flexibility index (Phi) is 2.44. The number of carboxylic acid groups (broad SMARTS) is 1. The first-order valence-corrected chi connectivity index (χ1v) is 4.57. The van der Waals surface area contributed by atoms with Crippen LogP contribution in [-0.4, -0.2) is 27.5 Å². The molecule has 2 rings (SSSR count). The molecule has 1 aromatic heterocycles. The van der Waals surface area contributed by atoms with E-state index in [9.17, 15) is 4.79 Å². The smallest absolute Gasteiger partial charge is 0.354 e. The maximum atomic E-state index is 11.0. The minimum atomic E-state index is -1.01. The molecule has 0 bridgehead atoms. The fourth-order valence-electron chi connectivity index (χ4n) is 1.68. The molecule has 0 spiro atoms. The zero-order valence-corrected chi connectivity index (χ0v) is 8.06. The summed E-state index contributed by atoms with van der Waals surface area (Å²) in [5.74, 6) is 1.38. The highest BCUT2D eigenvalue weighted by Crippen LogP contribution is 2.20. The van der Waals surface area contributed by atoms with Gasteiger partial charge in [0.1, 0.15) is 6.54 Å². The van der Waals surface area contributed by atoms with E-state index in [0.717, 1.165) is 5.69 Å². The molecular weight excluding hydrogens is 196 g/mol. The van der Waals surface area contributed by atoms with Crippen molar-refractivity contribution in [3.63, 3.8) is 0 Å². The van der Waals surface area contributed by atoms with Crippen molar-refractivity contribution in [3.05, 3.63) is 17.0 Å². The van der Waals surface area contributed by atoms with Crippen molar-refractivity contribution in [3.8, 4) is 12.3 Å². The van der Waals surface area contributed by atoms with E-state index >= 15 is 0 Å². The molecular formula is C10H10N2O3. The molecule has 0 saturated carbocycles. The van der Waals surface area contributed by atoms with Gasteiger partial charge in [0.15, 0.2) is 5.69 Å². The van der Waals surface area contributed by atoms with Crippen molar-refractivity contribution in [2.75, 3.05) is 6.61 Å². The summed E-state index contributed by atoms with van der Waals surface area (Å²) in [4.78, 5) is 11.0. The van der Waals surface area contributed by atoms with Crippen molar-refractivity contribution >= 4 is 5.97 Å². The third kappa shape index (κ3) is 1.60. The van der Waals surface area contributed by atoms with Crippen molar-refractivity contribution in [2.45, 2.75) is 19.6 Å². The summed E-state index contributed by atoms with van der Waals surface area (Å²) < 4.78 is 6.56. The van der Waals surface area contributed by atoms with Gasteiger partial charge in [-0.1, -0.05) is 5.92 Å². The van der Waals surface area contributed by atoms with Gasteiger partial charge in [-0.05, 0) is 0 Å². The average molecular weight is 206 g/mol. The Hall–Kier alpha value is -1.80. The lowest BCUT2D eigenvalue weighted by atomic mass is 10.1. The number of aromatic carboxylic acids is 1. The van der Waals surface area contributed by atoms with Crippen LogP contribution >= 0.6 is 0 Å². The van der Waals surface area contributed by atoms with Crippen molar-refractivity contribution in [2.24, 2.45) is 0 Å². The highest BCUT2D eigenvalue weighted by atomic mass is 16.5. The lowest BCUT2D eigenvalue weighted by molar-refractivity contribution is 0.0671. The summed E-state index contributed by atoms with van der Waals surface area (Å²) in [5.41, 5.74) is 1.60. The van der Waals surface area contributed by atoms with E-state index in [-0.39, 0.29) is 12.2 Å². The van der Waals surface area contributed by atoms with E-state index in [4.69, 9.17) is 16.3 Å². The molecule has 1 N–H and O–H groups in total. The van der Waals surface area contributed by atoms with Gasteiger partial charge in [0.2, 0.25) is 0 Å². The van der Waals surface area contributed by atoms with Gasteiger partial charge in [-0.25, -0.2) is 9.48 Å². The first kappa shape index (κ1) is 9.74. The van der Waals surface area contributed by atoms with Gasteiger partial charge in [0, 0.05) is 12.0 Å². The molecule has 0 radical (unpaired) electrons. The minimum Gasteiger partial charge on any atom is -0.477 e. The number of aromatic nitrogens is 2. The number of hydrogen-bond donors (Lipinski definition) is 1. The van der Waals surface area contributed by atoms with Crippen LogP contribution in [0.5, 0.6) is 0 Å². The standard InChI is InChI=1S/C10H10N2O3/c1-2-4-12-9(10(13)14)7-6-15-5-3-8(7)11-12/h1H,3-6H2,(H,13,14). The third-order valence-electron chi connectivity index (χ3n) is 2.31. The van der Waals surface area contributed by atoms with E-state index in [2.05, 4.69) is 11.0 Å². The molecule has 2 heterocycles. The van der Waals surface area contributed by atoms with Gasteiger partial charge in [0.25, 0.3) is 0 Å². The summed E-state index contributed by atoms with van der Waals surface area (Å²) >= 11 is 0. The number of terminal acetylenes is 1. The van der Waals surface area contributed by atoms with Crippen molar-refractivity contribution in [1.29, 1.82) is 0 Å². The van der Waals surface area contributed by atoms with E-state index in [0.29, 0.717) is 25.2 Å². The number of carbonyl (C=O) groups is 1. The topological polar surface area (TPSA) is 64.4 Å². The zero-order chi connectivity index (χ0) is 10.8. The summed E-state index contributed by atoms with van der Waals surface area (Å²) in [7, 11) is 0. The van der Waals surface area contributed by atoms with Crippen LogP contribution < -0.4 is 0 Å². The maximum absolute atomic E-state index is 11.0. The Bertz CT molecular complexity index is 442. The van der Waals surface area contributed by atoms with Crippen LogP contribution in [0.1, 0.15) is 21.7 Å². The summed E-state index contributed by atoms with van der Waals surface area (Å²) in [5, 5.41) is 13.2. The van der Waals surface area contributed by atoms with Gasteiger partial charge in [-0.15, -0.1) is 6.42 Å². The fourth-order valence-corrected chi connectivity index (χ4v) is 1.68. The number of carboxylic acids is 1. The van der Waals surface area contributed by atoms with Crippen LogP contribution in [0, 0.1) is 12.3 Å². The normalized spacial score (nSPS) is 14.3. The largest absolute Gasteiger partial charge is 0.477 e. The number of ether oxygens (including phenoxy) is 1. The minimum absolute atomic E-state index is 0.155. The van der Waals surface area contributed by atoms with Crippen LogP contribution in [0.2, 0.25) is 0 Å². The molecule has 0 fully saturated rings. The summed E-state index contributed by atoms with van der Waals surface area (Å²) in [6, 6.07) is 0. The third-order valence-corrected chi connectivity index (χ3v) is 2.31. The number of nitrogens with zero attached hydrogens (tertiary/aromatic N) is 2. The molecule has 5 nitrogen and oxygen atoms in total. The summed E-state index contributed by atoms with van der Waals surface area (Å²) in [6.45, 7) is 1.06. The lowest BCUT2D eigenvalue weighted by Crippen LogP contribution is -2.13. The lowest BCUT2D eigenvalue weighted by Gasteiger charge is -2.10. The Morgan fingerprint density at radius 3 is 3.20 bits per heavy atom. The van der Waals surface area contributed by atoms with Gasteiger partial charge in [0.05, 0.1) is 18.9 Å². The fraction of sp³-hybridized carbons (Fsp3) is 0.400. The van der Waals surface area contributed by atoms with Crippen molar-refractivity contribution < 1.29 is 14.6 Å². The second-order valence-electron chi connectivity index (χ2n) is 3.24.